The molecule has 3 rings (SSSR count). The van der Waals surface area contributed by atoms with Crippen molar-refractivity contribution in [1.29, 1.82) is 0 Å². The van der Waals surface area contributed by atoms with E-state index in [0.717, 1.165) is 22.0 Å². The van der Waals surface area contributed by atoms with Gasteiger partial charge in [-0.05, 0) is 36.8 Å². The molecule has 21 heavy (non-hydrogen) atoms. The lowest BCUT2D eigenvalue weighted by molar-refractivity contribution is 0.0992. The van der Waals surface area contributed by atoms with Crippen LogP contribution >= 0.6 is 0 Å². The smallest absolute Gasteiger partial charge is 0.168 e. The molecule has 2 aromatic carbocycles. The Balaban J connectivity index is 1.82. The summed E-state index contributed by atoms with van der Waals surface area (Å²) in [6.07, 6.45) is 2.27. The third kappa shape index (κ3) is 2.87. The molecule has 0 amide bonds. The highest BCUT2D eigenvalue weighted by Gasteiger charge is 2.10. The highest BCUT2D eigenvalue weighted by molar-refractivity contribution is 6.00. The number of aromatic nitrogens is 2. The molecule has 3 nitrogen and oxygen atoms in total. The Labute approximate surface area is 124 Å². The fraction of sp³-hybridized carbons (Fsp3) is 0.222. The van der Waals surface area contributed by atoms with Gasteiger partial charge in [0.25, 0.3) is 0 Å². The van der Waals surface area contributed by atoms with Crippen molar-refractivity contribution in [3.63, 3.8) is 0 Å². The molecule has 3 aromatic rings. The predicted molar refractivity (Wildman–Crippen MR) is 84.6 cm³/mol. The van der Waals surface area contributed by atoms with E-state index < -0.39 is 0 Å². The van der Waals surface area contributed by atoms with Crippen LogP contribution < -0.4 is 0 Å². The minimum absolute atomic E-state index is 0.106. The number of hydrogen-bond donors (Lipinski definition) is 0. The van der Waals surface area contributed by atoms with E-state index in [0.29, 0.717) is 12.5 Å². The van der Waals surface area contributed by atoms with Crippen LogP contribution in [0.3, 0.4) is 0 Å². The maximum atomic E-state index is 12.4. The zero-order valence-corrected chi connectivity index (χ0v) is 12.3. The van der Waals surface area contributed by atoms with E-state index in [1.807, 2.05) is 59.4 Å². The van der Waals surface area contributed by atoms with Crippen molar-refractivity contribution in [2.24, 2.45) is 0 Å². The van der Waals surface area contributed by atoms with Gasteiger partial charge in [0.1, 0.15) is 0 Å². The molecule has 0 atom stereocenters. The molecule has 0 N–H and O–H groups in total. The number of benzene rings is 2. The first kappa shape index (κ1) is 13.6. The second kappa shape index (κ2) is 5.52. The normalized spacial score (nSPS) is 11.2. The molecule has 1 aromatic heterocycles. The Kier molecular flexibility index (Phi) is 3.57. The van der Waals surface area contributed by atoms with Crippen molar-refractivity contribution in [3.8, 4) is 0 Å². The van der Waals surface area contributed by atoms with Gasteiger partial charge in [0.15, 0.2) is 5.78 Å². The number of ketones is 1. The maximum absolute atomic E-state index is 12.4. The molecule has 0 saturated heterocycles. The summed E-state index contributed by atoms with van der Waals surface area (Å²) in [5, 5.41) is 6.68. The standard InChI is InChI=1S/C18H18N2O/c1-13(2)20-10-9-17(19-20)12-18(21)16-8-7-14-5-3-4-6-15(14)11-16/h3-11,13H,12H2,1-2H3. The van der Waals surface area contributed by atoms with E-state index in [9.17, 15) is 4.79 Å². The van der Waals surface area contributed by atoms with Gasteiger partial charge >= 0.3 is 0 Å². The minimum atomic E-state index is 0.106. The van der Waals surface area contributed by atoms with Gasteiger partial charge in [-0.2, -0.15) is 5.10 Å². The monoisotopic (exact) mass is 278 g/mol. The zero-order chi connectivity index (χ0) is 14.8. The van der Waals surface area contributed by atoms with E-state index in [-0.39, 0.29) is 5.78 Å². The van der Waals surface area contributed by atoms with Crippen molar-refractivity contribution >= 4 is 16.6 Å². The lowest BCUT2D eigenvalue weighted by Gasteiger charge is -2.04. The third-order valence-electron chi connectivity index (χ3n) is 3.61. The lowest BCUT2D eigenvalue weighted by atomic mass is 10.0. The van der Waals surface area contributed by atoms with Crippen LogP contribution in [0.1, 0.15) is 35.9 Å². The summed E-state index contributed by atoms with van der Waals surface area (Å²) in [6, 6.07) is 16.1. The Morgan fingerprint density at radius 3 is 2.57 bits per heavy atom. The van der Waals surface area contributed by atoms with Crippen molar-refractivity contribution in [2.45, 2.75) is 26.3 Å². The number of carbonyl (C=O) groups excluding carboxylic acids is 1. The summed E-state index contributed by atoms with van der Waals surface area (Å²) in [5.41, 5.74) is 1.56. The van der Waals surface area contributed by atoms with Crippen LogP contribution in [-0.4, -0.2) is 15.6 Å². The predicted octanol–water partition coefficient (Wildman–Crippen LogP) is 4.04. The number of carbonyl (C=O) groups is 1. The number of nitrogens with zero attached hydrogens (tertiary/aromatic N) is 2. The van der Waals surface area contributed by atoms with E-state index in [2.05, 4.69) is 18.9 Å². The Hall–Kier alpha value is -2.42. The topological polar surface area (TPSA) is 34.9 Å². The maximum Gasteiger partial charge on any atom is 0.168 e. The van der Waals surface area contributed by atoms with E-state index >= 15 is 0 Å². The average Bonchev–Trinajstić information content (AvgIpc) is 2.95. The van der Waals surface area contributed by atoms with Gasteiger partial charge in [-0.3, -0.25) is 9.48 Å². The SMILES string of the molecule is CC(C)n1ccc(CC(=O)c2ccc3ccccc3c2)n1. The van der Waals surface area contributed by atoms with Crippen molar-refractivity contribution < 1.29 is 4.79 Å². The van der Waals surface area contributed by atoms with Crippen LogP contribution in [0.5, 0.6) is 0 Å². The van der Waals surface area contributed by atoms with Crippen LogP contribution in [0.2, 0.25) is 0 Å². The van der Waals surface area contributed by atoms with E-state index in [1.165, 1.54) is 0 Å². The molecule has 0 unspecified atom stereocenters. The molecule has 3 heteroatoms. The molecule has 0 aliphatic carbocycles. The van der Waals surface area contributed by atoms with Crippen molar-refractivity contribution in [3.05, 3.63) is 66.0 Å². The van der Waals surface area contributed by atoms with Crippen LogP contribution in [0, 0.1) is 0 Å². The van der Waals surface area contributed by atoms with Crippen molar-refractivity contribution in [1.82, 2.24) is 9.78 Å². The summed E-state index contributed by atoms with van der Waals surface area (Å²) in [4.78, 5) is 12.4. The quantitative estimate of drug-likeness (QED) is 0.675. The summed E-state index contributed by atoms with van der Waals surface area (Å²) < 4.78 is 1.88. The van der Waals surface area contributed by atoms with Gasteiger partial charge in [0.2, 0.25) is 0 Å². The summed E-state index contributed by atoms with van der Waals surface area (Å²) in [7, 11) is 0. The molecule has 0 aliphatic rings. The fourth-order valence-corrected chi connectivity index (χ4v) is 2.39. The molecule has 106 valence electrons. The highest BCUT2D eigenvalue weighted by Crippen LogP contribution is 2.17. The van der Waals surface area contributed by atoms with Gasteiger partial charge in [0.05, 0.1) is 12.1 Å². The highest BCUT2D eigenvalue weighted by atomic mass is 16.1. The first-order chi connectivity index (χ1) is 10.1. The summed E-state index contributed by atoms with van der Waals surface area (Å²) in [6.45, 7) is 4.14. The first-order valence-corrected chi connectivity index (χ1v) is 7.19. The van der Waals surface area contributed by atoms with Gasteiger partial charge < -0.3 is 0 Å². The fourth-order valence-electron chi connectivity index (χ4n) is 2.39. The second-order valence-electron chi connectivity index (χ2n) is 5.54. The van der Waals surface area contributed by atoms with Crippen LogP contribution in [0.25, 0.3) is 10.8 Å². The van der Waals surface area contributed by atoms with Crippen LogP contribution in [0.15, 0.2) is 54.7 Å². The second-order valence-corrected chi connectivity index (χ2v) is 5.54. The summed E-state index contributed by atoms with van der Waals surface area (Å²) >= 11 is 0. The first-order valence-electron chi connectivity index (χ1n) is 7.19. The third-order valence-corrected chi connectivity index (χ3v) is 3.61. The Morgan fingerprint density at radius 2 is 1.86 bits per heavy atom. The average molecular weight is 278 g/mol. The van der Waals surface area contributed by atoms with Gasteiger partial charge in [-0.15, -0.1) is 0 Å². The molecular weight excluding hydrogens is 260 g/mol. The van der Waals surface area contributed by atoms with Gasteiger partial charge in [0, 0.05) is 17.8 Å². The molecule has 0 radical (unpaired) electrons. The van der Waals surface area contributed by atoms with Crippen LogP contribution in [-0.2, 0) is 6.42 Å². The minimum Gasteiger partial charge on any atom is -0.294 e. The van der Waals surface area contributed by atoms with E-state index in [1.54, 1.807) is 0 Å². The number of rotatable bonds is 4. The molecule has 0 bridgehead atoms. The summed E-state index contributed by atoms with van der Waals surface area (Å²) in [5.74, 6) is 0.106. The largest absolute Gasteiger partial charge is 0.294 e. The number of fused-ring (bicyclic) bond motifs is 1. The Morgan fingerprint density at radius 1 is 1.10 bits per heavy atom. The molecular formula is C18H18N2O. The van der Waals surface area contributed by atoms with Gasteiger partial charge in [-0.1, -0.05) is 36.4 Å². The van der Waals surface area contributed by atoms with Gasteiger partial charge in [-0.25, -0.2) is 0 Å². The molecule has 0 fully saturated rings. The molecule has 0 saturated carbocycles. The Bertz CT molecular complexity index is 787. The lowest BCUT2D eigenvalue weighted by Crippen LogP contribution is -2.06. The number of hydrogen-bond acceptors (Lipinski definition) is 2. The zero-order valence-electron chi connectivity index (χ0n) is 12.3. The number of Topliss-reactive ketones (excluding diaryl/α,β-unsaturated/α-hetero) is 1. The van der Waals surface area contributed by atoms with Crippen molar-refractivity contribution in [2.75, 3.05) is 0 Å². The van der Waals surface area contributed by atoms with Crippen LogP contribution in [0.4, 0.5) is 0 Å². The molecule has 0 aliphatic heterocycles. The van der Waals surface area contributed by atoms with E-state index in [4.69, 9.17) is 0 Å². The molecule has 1 heterocycles. The molecule has 0 spiro atoms.